The Morgan fingerprint density at radius 3 is 2.46 bits per heavy atom. The van der Waals surface area contributed by atoms with Gasteiger partial charge in [0.2, 0.25) is 0 Å². The minimum absolute atomic E-state index is 0.0156. The first-order valence-corrected chi connectivity index (χ1v) is 9.11. The highest BCUT2D eigenvalue weighted by Gasteiger charge is 2.17. The number of hydrogen-bond acceptors (Lipinski definition) is 2. The van der Waals surface area contributed by atoms with Crippen LogP contribution in [0.25, 0.3) is 0 Å². The Balaban J connectivity index is 2.13. The lowest BCUT2D eigenvalue weighted by Crippen LogP contribution is -2.30. The fraction of sp³-hybridized carbons (Fsp3) is 0.350. The quantitative estimate of drug-likeness (QED) is 0.621. The van der Waals surface area contributed by atoms with Crippen molar-refractivity contribution >= 4 is 27.5 Å². The summed E-state index contributed by atoms with van der Waals surface area (Å²) in [5.74, 6) is 1.36. The second kappa shape index (κ2) is 8.88. The first-order chi connectivity index (χ1) is 11.5. The number of para-hydroxylation sites is 1. The first kappa shape index (κ1) is 18.5. The Hall–Kier alpha value is -1.81. The Labute approximate surface area is 152 Å². The van der Waals surface area contributed by atoms with Gasteiger partial charge in [0, 0.05) is 17.8 Å². The van der Waals surface area contributed by atoms with E-state index in [9.17, 15) is 4.79 Å². The van der Waals surface area contributed by atoms with Crippen LogP contribution in [-0.2, 0) is 0 Å². The van der Waals surface area contributed by atoms with Gasteiger partial charge in [0.15, 0.2) is 0 Å². The Morgan fingerprint density at radius 1 is 1.17 bits per heavy atom. The molecule has 0 aliphatic heterocycles. The maximum absolute atomic E-state index is 12.8. The van der Waals surface area contributed by atoms with Crippen molar-refractivity contribution in [1.82, 2.24) is 0 Å². The molecule has 0 unspecified atom stereocenters. The van der Waals surface area contributed by atoms with Crippen LogP contribution in [0.15, 0.2) is 53.0 Å². The molecule has 0 aliphatic rings. The smallest absolute Gasteiger partial charge is 0.258 e. The van der Waals surface area contributed by atoms with Crippen molar-refractivity contribution in [3.63, 3.8) is 0 Å². The van der Waals surface area contributed by atoms with E-state index >= 15 is 0 Å². The van der Waals surface area contributed by atoms with Gasteiger partial charge in [-0.1, -0.05) is 32.0 Å². The minimum atomic E-state index is -0.0156. The van der Waals surface area contributed by atoms with Crippen LogP contribution in [0, 0.1) is 5.92 Å². The molecule has 0 spiro atoms. The molecule has 4 heteroatoms. The number of anilines is 1. The summed E-state index contributed by atoms with van der Waals surface area (Å²) in [6, 6.07) is 15.2. The molecule has 3 nitrogen and oxygen atoms in total. The summed E-state index contributed by atoms with van der Waals surface area (Å²) in [6.07, 6.45) is 1.00. The van der Waals surface area contributed by atoms with Gasteiger partial charge in [0.25, 0.3) is 5.91 Å². The molecule has 0 radical (unpaired) electrons. The monoisotopic (exact) mass is 389 g/mol. The van der Waals surface area contributed by atoms with Crippen molar-refractivity contribution in [3.05, 3.63) is 58.6 Å². The van der Waals surface area contributed by atoms with Gasteiger partial charge in [0.05, 0.1) is 11.1 Å². The van der Waals surface area contributed by atoms with E-state index in [1.54, 1.807) is 4.90 Å². The summed E-state index contributed by atoms with van der Waals surface area (Å²) in [6.45, 7) is 7.61. The molecular formula is C20H24BrNO2. The van der Waals surface area contributed by atoms with Crippen LogP contribution in [0.2, 0.25) is 0 Å². The molecular weight excluding hydrogens is 366 g/mol. The van der Waals surface area contributed by atoms with Crippen LogP contribution in [0.4, 0.5) is 5.69 Å². The van der Waals surface area contributed by atoms with Gasteiger partial charge in [0.1, 0.15) is 5.75 Å². The Morgan fingerprint density at radius 2 is 1.88 bits per heavy atom. The first-order valence-electron chi connectivity index (χ1n) is 8.32. The zero-order valence-corrected chi connectivity index (χ0v) is 16.0. The van der Waals surface area contributed by atoms with Crippen LogP contribution >= 0.6 is 15.9 Å². The van der Waals surface area contributed by atoms with Crippen LogP contribution in [0.1, 0.15) is 37.6 Å². The summed E-state index contributed by atoms with van der Waals surface area (Å²) in [4.78, 5) is 14.6. The molecule has 0 N–H and O–H groups in total. The third-order valence-corrected chi connectivity index (χ3v) is 4.38. The molecule has 0 aliphatic carbocycles. The number of nitrogens with zero attached hydrogens (tertiary/aromatic N) is 1. The molecule has 0 saturated carbocycles. The van der Waals surface area contributed by atoms with Gasteiger partial charge in [-0.15, -0.1) is 0 Å². The zero-order chi connectivity index (χ0) is 17.5. The molecule has 24 heavy (non-hydrogen) atoms. The number of benzene rings is 2. The van der Waals surface area contributed by atoms with Crippen LogP contribution in [-0.4, -0.2) is 19.1 Å². The van der Waals surface area contributed by atoms with Gasteiger partial charge in [-0.25, -0.2) is 0 Å². The van der Waals surface area contributed by atoms with E-state index in [2.05, 4.69) is 29.8 Å². The third-order valence-electron chi connectivity index (χ3n) is 3.76. The van der Waals surface area contributed by atoms with Gasteiger partial charge < -0.3 is 9.64 Å². The van der Waals surface area contributed by atoms with E-state index in [0.29, 0.717) is 24.6 Å². The number of carbonyl (C=O) groups excluding carboxylic acids is 1. The highest BCUT2D eigenvalue weighted by atomic mass is 79.9. The lowest BCUT2D eigenvalue weighted by molar-refractivity contribution is 0.0988. The predicted octanol–water partition coefficient (Wildman–Crippen LogP) is 5.54. The summed E-state index contributed by atoms with van der Waals surface area (Å²) in [5.41, 5.74) is 1.54. The van der Waals surface area contributed by atoms with Crippen molar-refractivity contribution in [2.24, 2.45) is 5.92 Å². The lowest BCUT2D eigenvalue weighted by Gasteiger charge is -2.21. The number of rotatable bonds is 7. The summed E-state index contributed by atoms with van der Waals surface area (Å²) in [5, 5.41) is 0. The highest BCUT2D eigenvalue weighted by molar-refractivity contribution is 9.10. The fourth-order valence-electron chi connectivity index (χ4n) is 2.36. The standard InChI is InChI=1S/C20H24BrNO2/c1-4-22(17-8-6-5-7-9-17)20(23)16-10-11-19(18(21)14-16)24-13-12-15(2)3/h5-11,14-15H,4,12-13H2,1-3H3. The maximum Gasteiger partial charge on any atom is 0.258 e. The molecule has 0 bridgehead atoms. The Kier molecular flexibility index (Phi) is 6.85. The van der Waals surface area contributed by atoms with Crippen LogP contribution < -0.4 is 9.64 Å². The molecule has 0 aromatic heterocycles. The van der Waals surface area contributed by atoms with E-state index < -0.39 is 0 Å². The second-order valence-corrected chi connectivity index (χ2v) is 6.92. The number of hydrogen-bond donors (Lipinski definition) is 0. The molecule has 0 heterocycles. The van der Waals surface area contributed by atoms with Crippen molar-refractivity contribution in [2.75, 3.05) is 18.1 Å². The van der Waals surface area contributed by atoms with Gasteiger partial charge in [-0.2, -0.15) is 0 Å². The lowest BCUT2D eigenvalue weighted by atomic mass is 10.1. The molecule has 2 aromatic carbocycles. The van der Waals surface area contributed by atoms with Crippen LogP contribution in [0.3, 0.4) is 0 Å². The number of halogens is 1. The van der Waals surface area contributed by atoms with E-state index in [1.807, 2.05) is 55.5 Å². The number of amides is 1. The fourth-order valence-corrected chi connectivity index (χ4v) is 2.86. The van der Waals surface area contributed by atoms with Crippen molar-refractivity contribution in [1.29, 1.82) is 0 Å². The molecule has 1 amide bonds. The Bertz CT molecular complexity index is 671. The van der Waals surface area contributed by atoms with Gasteiger partial charge in [-0.05, 0) is 65.5 Å². The van der Waals surface area contributed by atoms with Gasteiger partial charge >= 0.3 is 0 Å². The minimum Gasteiger partial charge on any atom is -0.492 e. The van der Waals surface area contributed by atoms with E-state index in [1.165, 1.54) is 0 Å². The predicted molar refractivity (Wildman–Crippen MR) is 103 cm³/mol. The molecule has 2 rings (SSSR count). The molecule has 128 valence electrons. The topological polar surface area (TPSA) is 29.5 Å². The maximum atomic E-state index is 12.8. The number of carbonyl (C=O) groups is 1. The van der Waals surface area contributed by atoms with E-state index in [0.717, 1.165) is 22.3 Å². The third kappa shape index (κ3) is 4.84. The summed E-state index contributed by atoms with van der Waals surface area (Å²) < 4.78 is 6.59. The SMILES string of the molecule is CCN(C(=O)c1ccc(OCCC(C)C)c(Br)c1)c1ccccc1. The molecule has 2 aromatic rings. The van der Waals surface area contributed by atoms with Crippen molar-refractivity contribution in [3.8, 4) is 5.75 Å². The van der Waals surface area contributed by atoms with Gasteiger partial charge in [-0.3, -0.25) is 4.79 Å². The van der Waals surface area contributed by atoms with E-state index in [4.69, 9.17) is 4.74 Å². The largest absolute Gasteiger partial charge is 0.492 e. The highest BCUT2D eigenvalue weighted by Crippen LogP contribution is 2.27. The molecule has 0 atom stereocenters. The molecule has 0 fully saturated rings. The average molecular weight is 390 g/mol. The average Bonchev–Trinajstić information content (AvgIpc) is 2.57. The molecule has 0 saturated heterocycles. The normalized spacial score (nSPS) is 10.7. The summed E-state index contributed by atoms with van der Waals surface area (Å²) >= 11 is 3.51. The van der Waals surface area contributed by atoms with Crippen LogP contribution in [0.5, 0.6) is 5.75 Å². The van der Waals surface area contributed by atoms with E-state index in [-0.39, 0.29) is 5.91 Å². The number of ether oxygens (including phenoxy) is 1. The summed E-state index contributed by atoms with van der Waals surface area (Å²) in [7, 11) is 0. The zero-order valence-electron chi connectivity index (χ0n) is 14.5. The van der Waals surface area contributed by atoms with Crippen molar-refractivity contribution < 1.29 is 9.53 Å². The van der Waals surface area contributed by atoms with Crippen molar-refractivity contribution in [2.45, 2.75) is 27.2 Å². The second-order valence-electron chi connectivity index (χ2n) is 6.06.